The van der Waals surface area contributed by atoms with Gasteiger partial charge >= 0.3 is 0 Å². The monoisotopic (exact) mass is 240 g/mol. The molecule has 1 aromatic rings. The maximum Gasteiger partial charge on any atom is 0.177 e. The quantitative estimate of drug-likeness (QED) is 0.859. The number of nitrogens with zero attached hydrogens (tertiary/aromatic N) is 1. The van der Waals surface area contributed by atoms with Crippen molar-refractivity contribution in [2.24, 2.45) is 5.73 Å². The second-order valence-electron chi connectivity index (χ2n) is 3.84. The summed E-state index contributed by atoms with van der Waals surface area (Å²) in [4.78, 5) is 4.12. The van der Waals surface area contributed by atoms with Gasteiger partial charge in [-0.3, -0.25) is 4.98 Å². The van der Waals surface area contributed by atoms with Gasteiger partial charge in [0.25, 0.3) is 0 Å². The average Bonchev–Trinajstić information content (AvgIpc) is 2.16. The Bertz CT molecular complexity index is 479. The van der Waals surface area contributed by atoms with E-state index in [4.69, 9.17) is 5.73 Å². The average molecular weight is 240 g/mol. The first-order chi connectivity index (χ1) is 7.39. The molecule has 1 atom stereocenters. The summed E-state index contributed by atoms with van der Waals surface area (Å²) in [6, 6.07) is 1.70. The van der Waals surface area contributed by atoms with Crippen LogP contribution in [0.25, 0.3) is 6.08 Å². The van der Waals surface area contributed by atoms with Crippen molar-refractivity contribution in [1.29, 1.82) is 0 Å². The van der Waals surface area contributed by atoms with Crippen LogP contribution in [0.5, 0.6) is 0 Å². The molecule has 0 aliphatic carbocycles. The zero-order valence-electron chi connectivity index (χ0n) is 9.42. The van der Waals surface area contributed by atoms with E-state index in [1.165, 1.54) is 12.5 Å². The van der Waals surface area contributed by atoms with Crippen LogP contribution in [0, 0.1) is 0 Å². The van der Waals surface area contributed by atoms with Gasteiger partial charge in [-0.05, 0) is 25.0 Å². The van der Waals surface area contributed by atoms with E-state index in [9.17, 15) is 8.42 Å². The van der Waals surface area contributed by atoms with E-state index in [0.717, 1.165) is 12.0 Å². The molecule has 16 heavy (non-hydrogen) atoms. The van der Waals surface area contributed by atoms with Crippen molar-refractivity contribution in [2.45, 2.75) is 24.3 Å². The third-order valence-corrected chi connectivity index (χ3v) is 3.06. The van der Waals surface area contributed by atoms with Crippen molar-refractivity contribution in [3.05, 3.63) is 30.1 Å². The van der Waals surface area contributed by atoms with E-state index in [2.05, 4.69) is 4.98 Å². The van der Waals surface area contributed by atoms with Crippen LogP contribution in [0.15, 0.2) is 29.4 Å². The molecule has 0 saturated heterocycles. The molecule has 0 spiro atoms. The lowest BCUT2D eigenvalue weighted by Crippen LogP contribution is -2.12. The topological polar surface area (TPSA) is 73.0 Å². The number of hydrogen-bond acceptors (Lipinski definition) is 4. The van der Waals surface area contributed by atoms with Crippen LogP contribution in [0.3, 0.4) is 0 Å². The number of nitrogens with two attached hydrogens (primary N) is 1. The maximum absolute atomic E-state index is 11.3. The molecule has 1 rings (SSSR count). The fourth-order valence-electron chi connectivity index (χ4n) is 1.15. The van der Waals surface area contributed by atoms with Gasteiger partial charge in [-0.15, -0.1) is 0 Å². The molecule has 0 radical (unpaired) electrons. The van der Waals surface area contributed by atoms with Crippen LogP contribution in [-0.4, -0.2) is 25.7 Å². The highest BCUT2D eigenvalue weighted by Gasteiger charge is 2.06. The van der Waals surface area contributed by atoms with Crippen LogP contribution >= 0.6 is 0 Å². The summed E-state index contributed by atoms with van der Waals surface area (Å²) in [7, 11) is -3.19. The molecule has 2 N–H and O–H groups in total. The summed E-state index contributed by atoms with van der Waals surface area (Å²) in [5, 5.41) is 0. The van der Waals surface area contributed by atoms with Gasteiger partial charge < -0.3 is 5.73 Å². The second kappa shape index (κ2) is 5.23. The lowest BCUT2D eigenvalue weighted by molar-refractivity contribution is 0.601. The summed E-state index contributed by atoms with van der Waals surface area (Å²) in [6.45, 7) is 1.91. The smallest absolute Gasteiger partial charge is 0.177 e. The van der Waals surface area contributed by atoms with E-state index >= 15 is 0 Å². The molecule has 1 aromatic heterocycles. The first-order valence-corrected chi connectivity index (χ1v) is 6.86. The summed E-state index contributed by atoms with van der Waals surface area (Å²) < 4.78 is 22.6. The van der Waals surface area contributed by atoms with Gasteiger partial charge in [-0.25, -0.2) is 8.42 Å². The van der Waals surface area contributed by atoms with Gasteiger partial charge in [0.15, 0.2) is 9.84 Å². The van der Waals surface area contributed by atoms with Gasteiger partial charge in [0.2, 0.25) is 0 Å². The summed E-state index contributed by atoms with van der Waals surface area (Å²) in [5.41, 5.74) is 6.36. The summed E-state index contributed by atoms with van der Waals surface area (Å²) >= 11 is 0. The fourth-order valence-corrected chi connectivity index (χ4v) is 1.75. The molecule has 1 heterocycles. The van der Waals surface area contributed by atoms with E-state index < -0.39 is 9.84 Å². The van der Waals surface area contributed by atoms with Crippen LogP contribution < -0.4 is 5.73 Å². The predicted molar refractivity (Wildman–Crippen MR) is 64.6 cm³/mol. The fraction of sp³-hybridized carbons (Fsp3) is 0.364. The van der Waals surface area contributed by atoms with E-state index in [1.807, 2.05) is 19.1 Å². The third-order valence-electron chi connectivity index (χ3n) is 1.98. The van der Waals surface area contributed by atoms with Crippen molar-refractivity contribution in [2.75, 3.05) is 6.26 Å². The van der Waals surface area contributed by atoms with Gasteiger partial charge in [0, 0.05) is 24.7 Å². The lowest BCUT2D eigenvalue weighted by Gasteiger charge is -2.00. The van der Waals surface area contributed by atoms with Gasteiger partial charge in [0.1, 0.15) is 0 Å². The zero-order valence-corrected chi connectivity index (χ0v) is 10.2. The van der Waals surface area contributed by atoms with Crippen molar-refractivity contribution >= 4 is 15.9 Å². The first-order valence-electron chi connectivity index (χ1n) is 4.97. The molecule has 5 heteroatoms. The Morgan fingerprint density at radius 3 is 2.75 bits per heavy atom. The lowest BCUT2D eigenvalue weighted by atomic mass is 10.2. The minimum atomic E-state index is -3.19. The number of sulfone groups is 1. The molecule has 0 fully saturated rings. The van der Waals surface area contributed by atoms with E-state index in [0.29, 0.717) is 0 Å². The van der Waals surface area contributed by atoms with Gasteiger partial charge in [-0.1, -0.05) is 12.2 Å². The molecule has 0 bridgehead atoms. The molecule has 0 aliphatic rings. The Morgan fingerprint density at radius 2 is 2.19 bits per heavy atom. The van der Waals surface area contributed by atoms with Crippen molar-refractivity contribution in [3.8, 4) is 0 Å². The molecule has 4 nitrogen and oxygen atoms in total. The Hall–Kier alpha value is -1.20. The van der Waals surface area contributed by atoms with Gasteiger partial charge in [-0.2, -0.15) is 0 Å². The maximum atomic E-state index is 11.3. The molecule has 0 aliphatic heterocycles. The van der Waals surface area contributed by atoms with E-state index in [-0.39, 0.29) is 10.9 Å². The minimum absolute atomic E-state index is 0.0994. The molecular weight excluding hydrogens is 224 g/mol. The Kier molecular flexibility index (Phi) is 4.20. The normalized spacial score (nSPS) is 14.2. The number of pyridine rings is 1. The molecule has 0 aromatic carbocycles. The molecular formula is C11H16N2O2S. The third kappa shape index (κ3) is 4.12. The van der Waals surface area contributed by atoms with Crippen LogP contribution in [0.2, 0.25) is 0 Å². The van der Waals surface area contributed by atoms with Crippen molar-refractivity contribution < 1.29 is 8.42 Å². The largest absolute Gasteiger partial charge is 0.328 e. The van der Waals surface area contributed by atoms with Crippen LogP contribution in [0.4, 0.5) is 0 Å². The SMILES string of the molecule is C[C@H](N)C/C=C/c1cncc(S(C)(=O)=O)c1. The Morgan fingerprint density at radius 1 is 1.50 bits per heavy atom. The van der Waals surface area contributed by atoms with Crippen LogP contribution in [-0.2, 0) is 9.84 Å². The van der Waals surface area contributed by atoms with Crippen LogP contribution in [0.1, 0.15) is 18.9 Å². The van der Waals surface area contributed by atoms with Crippen molar-refractivity contribution in [3.63, 3.8) is 0 Å². The predicted octanol–water partition coefficient (Wildman–Crippen LogP) is 1.24. The zero-order chi connectivity index (χ0) is 12.2. The number of aromatic nitrogens is 1. The molecule has 88 valence electrons. The molecule has 0 unspecified atom stereocenters. The van der Waals surface area contributed by atoms with Crippen molar-refractivity contribution in [1.82, 2.24) is 4.98 Å². The summed E-state index contributed by atoms with van der Waals surface area (Å²) in [6.07, 6.45) is 8.62. The van der Waals surface area contributed by atoms with E-state index in [1.54, 1.807) is 12.3 Å². The second-order valence-corrected chi connectivity index (χ2v) is 5.86. The molecule has 0 amide bonds. The highest BCUT2D eigenvalue weighted by atomic mass is 32.2. The minimum Gasteiger partial charge on any atom is -0.328 e. The first kappa shape index (κ1) is 12.9. The Balaban J connectivity index is 2.88. The summed E-state index contributed by atoms with van der Waals surface area (Å²) in [5.74, 6) is 0. The highest BCUT2D eigenvalue weighted by molar-refractivity contribution is 7.90. The number of hydrogen-bond donors (Lipinski definition) is 1. The molecule has 0 saturated carbocycles. The standard InChI is InChI=1S/C11H16N2O2S/c1-9(12)4-3-5-10-6-11(8-13-7-10)16(2,14)15/h3,5-9H,4,12H2,1-2H3/b5-3+/t9-/m0/s1. The highest BCUT2D eigenvalue weighted by Crippen LogP contribution is 2.10. The number of rotatable bonds is 4. The Labute approximate surface area is 96.1 Å². The van der Waals surface area contributed by atoms with Gasteiger partial charge in [0.05, 0.1) is 4.90 Å².